The van der Waals surface area contributed by atoms with Gasteiger partial charge in [0, 0.05) is 13.6 Å². The molecule has 0 bridgehead atoms. The number of carbonyl (C=O) groups is 1. The Labute approximate surface area is 37.8 Å². The third kappa shape index (κ3) is 1.76. The van der Waals surface area contributed by atoms with Crippen LogP contribution in [0.25, 0.3) is 0 Å². The van der Waals surface area contributed by atoms with Gasteiger partial charge in [-0.1, -0.05) is 0 Å². The summed E-state index contributed by atoms with van der Waals surface area (Å²) in [6.45, 7) is 3.82. The van der Waals surface area contributed by atoms with Crippen molar-refractivity contribution in [2.24, 2.45) is 0 Å². The van der Waals surface area contributed by atoms with Crippen molar-refractivity contribution >= 4 is 6.41 Å². The van der Waals surface area contributed by atoms with Gasteiger partial charge >= 0.3 is 0 Å². The van der Waals surface area contributed by atoms with Crippen molar-refractivity contribution in [3.05, 3.63) is 14.0 Å². The second-order valence-corrected chi connectivity index (χ2v) is 0.918. The molecule has 0 rings (SSSR count). The van der Waals surface area contributed by atoms with Gasteiger partial charge in [-0.25, -0.2) is 0 Å². The van der Waals surface area contributed by atoms with Crippen molar-refractivity contribution < 1.29 is 4.79 Å². The molecule has 0 saturated carbocycles. The largest absolute Gasteiger partial charge is 0.343 e. The van der Waals surface area contributed by atoms with E-state index in [0.29, 0.717) is 13.0 Å². The minimum Gasteiger partial charge on any atom is -0.343 e. The van der Waals surface area contributed by atoms with E-state index in [-0.39, 0.29) is 0 Å². The van der Waals surface area contributed by atoms with E-state index in [0.717, 1.165) is 0 Å². The predicted octanol–water partition coefficient (Wildman–Crippen LogP) is 0.0705. The van der Waals surface area contributed by atoms with Gasteiger partial charge < -0.3 is 4.90 Å². The zero-order chi connectivity index (χ0) is 4.99. The maximum atomic E-state index is 9.56. The van der Waals surface area contributed by atoms with E-state index >= 15 is 0 Å². The molecule has 0 unspecified atom stereocenters. The van der Waals surface area contributed by atoms with Gasteiger partial charge in [0.15, 0.2) is 0 Å². The summed E-state index contributed by atoms with van der Waals surface area (Å²) in [7, 11) is 3.28. The zero-order valence-electron chi connectivity index (χ0n) is 3.55. The van der Waals surface area contributed by atoms with Crippen LogP contribution in [0.1, 0.15) is 0 Å². The lowest BCUT2D eigenvalue weighted by molar-refractivity contribution is -0.115. The molecule has 0 heterocycles. The van der Waals surface area contributed by atoms with E-state index < -0.39 is 0 Å². The zero-order valence-corrected chi connectivity index (χ0v) is 3.55. The maximum absolute atomic E-state index is 9.56. The average molecular weight is 85.1 g/mol. The SMILES string of the molecule is [CH2]CN([CH2])C=O. The summed E-state index contributed by atoms with van der Waals surface area (Å²) < 4.78 is 0. The standard InChI is InChI=1S/C4H7NO/c1-3-5(2)4-6/h4H,1-3H2. The first kappa shape index (κ1) is 5.47. The first-order valence-electron chi connectivity index (χ1n) is 1.63. The Bertz CT molecular complexity index is 44.8. The van der Waals surface area contributed by atoms with Gasteiger partial charge in [0.1, 0.15) is 0 Å². The summed E-state index contributed by atoms with van der Waals surface area (Å²) in [6, 6.07) is 0. The molecule has 0 aromatic carbocycles. The Morgan fingerprint density at radius 1 is 1.83 bits per heavy atom. The Kier molecular flexibility index (Phi) is 2.46. The lowest BCUT2D eigenvalue weighted by Gasteiger charge is -2.01. The molecule has 2 heteroatoms. The van der Waals surface area contributed by atoms with Gasteiger partial charge in [0.05, 0.1) is 0 Å². The van der Waals surface area contributed by atoms with E-state index in [9.17, 15) is 4.79 Å². The van der Waals surface area contributed by atoms with E-state index in [4.69, 9.17) is 0 Å². The maximum Gasteiger partial charge on any atom is 0.209 e. The van der Waals surface area contributed by atoms with Crippen LogP contribution in [0, 0.1) is 14.0 Å². The van der Waals surface area contributed by atoms with Crippen LogP contribution in [-0.4, -0.2) is 17.9 Å². The average Bonchev–Trinajstić information content (AvgIpc) is 1.65. The van der Waals surface area contributed by atoms with Gasteiger partial charge in [0.2, 0.25) is 6.41 Å². The highest BCUT2D eigenvalue weighted by Crippen LogP contribution is 1.69. The summed E-state index contributed by atoms with van der Waals surface area (Å²) in [6.07, 6.45) is 0.632. The quantitative estimate of drug-likeness (QED) is 0.434. The molecule has 1 amide bonds. The van der Waals surface area contributed by atoms with Crippen LogP contribution in [0.5, 0.6) is 0 Å². The highest BCUT2D eigenvalue weighted by molar-refractivity contribution is 5.47. The molecule has 0 saturated heterocycles. The van der Waals surface area contributed by atoms with Crippen LogP contribution in [0.4, 0.5) is 0 Å². The highest BCUT2D eigenvalue weighted by Gasteiger charge is 1.79. The molecule has 34 valence electrons. The second kappa shape index (κ2) is 2.69. The monoisotopic (exact) mass is 85.1 g/mol. The van der Waals surface area contributed by atoms with Crippen molar-refractivity contribution in [2.45, 2.75) is 0 Å². The molecule has 0 aliphatic carbocycles. The molecular weight excluding hydrogens is 78.0 g/mol. The topological polar surface area (TPSA) is 20.3 Å². The fraction of sp³-hybridized carbons (Fsp3) is 0.250. The van der Waals surface area contributed by atoms with Gasteiger partial charge in [0.25, 0.3) is 0 Å². The summed E-state index contributed by atoms with van der Waals surface area (Å²) >= 11 is 0. The van der Waals surface area contributed by atoms with Crippen LogP contribution in [-0.2, 0) is 4.79 Å². The summed E-state index contributed by atoms with van der Waals surface area (Å²) in [4.78, 5) is 10.8. The molecule has 0 aromatic heterocycles. The van der Waals surface area contributed by atoms with Gasteiger partial charge in [-0.2, -0.15) is 0 Å². The number of hydrogen-bond acceptors (Lipinski definition) is 1. The fourth-order valence-electron chi connectivity index (χ4n) is 0.0527. The number of amides is 1. The molecular formula is C4H7NO. The van der Waals surface area contributed by atoms with Crippen LogP contribution < -0.4 is 0 Å². The molecule has 0 fully saturated rings. The van der Waals surface area contributed by atoms with E-state index in [1.807, 2.05) is 0 Å². The lowest BCUT2D eigenvalue weighted by Crippen LogP contribution is -2.10. The summed E-state index contributed by atoms with van der Waals surface area (Å²) in [5, 5.41) is 0. The van der Waals surface area contributed by atoms with Gasteiger partial charge in [-0.15, -0.1) is 0 Å². The highest BCUT2D eigenvalue weighted by atomic mass is 16.1. The van der Waals surface area contributed by atoms with Crippen molar-refractivity contribution in [1.29, 1.82) is 0 Å². The fourth-order valence-corrected chi connectivity index (χ4v) is 0.0527. The predicted molar refractivity (Wildman–Crippen MR) is 23.5 cm³/mol. The van der Waals surface area contributed by atoms with Crippen molar-refractivity contribution in [3.63, 3.8) is 0 Å². The van der Waals surface area contributed by atoms with Crippen LogP contribution in [0.2, 0.25) is 0 Å². The lowest BCUT2D eigenvalue weighted by atomic mass is 10.7. The van der Waals surface area contributed by atoms with E-state index in [1.54, 1.807) is 0 Å². The third-order valence-electron chi connectivity index (χ3n) is 0.436. The first-order valence-corrected chi connectivity index (χ1v) is 1.63. The molecule has 0 spiro atoms. The van der Waals surface area contributed by atoms with Crippen molar-refractivity contribution in [2.75, 3.05) is 6.54 Å². The molecule has 0 aliphatic heterocycles. The van der Waals surface area contributed by atoms with E-state index in [1.165, 1.54) is 4.90 Å². The number of hydrogen-bond donors (Lipinski definition) is 0. The number of rotatable bonds is 2. The minimum atomic E-state index is 0.434. The Hall–Kier alpha value is -0.530. The Morgan fingerprint density at radius 2 is 2.33 bits per heavy atom. The summed E-state index contributed by atoms with van der Waals surface area (Å²) in [5.41, 5.74) is 0. The minimum absolute atomic E-state index is 0.434. The molecule has 0 N–H and O–H groups in total. The second-order valence-electron chi connectivity index (χ2n) is 0.918. The van der Waals surface area contributed by atoms with Crippen LogP contribution >= 0.6 is 0 Å². The van der Waals surface area contributed by atoms with Crippen LogP contribution in [0.3, 0.4) is 0 Å². The van der Waals surface area contributed by atoms with Gasteiger partial charge in [-0.3, -0.25) is 4.79 Å². The molecule has 0 atom stereocenters. The van der Waals surface area contributed by atoms with Crippen molar-refractivity contribution in [1.82, 2.24) is 4.90 Å². The van der Waals surface area contributed by atoms with E-state index in [2.05, 4.69) is 14.0 Å². The van der Waals surface area contributed by atoms with Crippen LogP contribution in [0.15, 0.2) is 0 Å². The van der Waals surface area contributed by atoms with Crippen molar-refractivity contribution in [3.8, 4) is 0 Å². The summed E-state index contributed by atoms with van der Waals surface area (Å²) in [5.74, 6) is 0. The Balaban J connectivity index is 2.96. The Morgan fingerprint density at radius 3 is 2.33 bits per heavy atom. The molecule has 0 aromatic rings. The number of nitrogens with zero attached hydrogens (tertiary/aromatic N) is 1. The first-order chi connectivity index (χ1) is 2.81. The smallest absolute Gasteiger partial charge is 0.209 e. The number of carbonyl (C=O) groups excluding carboxylic acids is 1. The van der Waals surface area contributed by atoms with Gasteiger partial charge in [-0.05, 0) is 6.92 Å². The molecule has 6 heavy (non-hydrogen) atoms. The molecule has 0 aliphatic rings. The molecule has 2 nitrogen and oxygen atoms in total. The third-order valence-corrected chi connectivity index (χ3v) is 0.436. The molecule has 2 radical (unpaired) electrons. The normalized spacial score (nSPS) is 7.67.